The highest BCUT2D eigenvalue weighted by Crippen LogP contribution is 2.68. The molecule has 9 heteroatoms. The van der Waals surface area contributed by atoms with Crippen LogP contribution in [0.15, 0.2) is 6.20 Å². The van der Waals surface area contributed by atoms with Crippen molar-refractivity contribution in [1.82, 2.24) is 9.55 Å². The summed E-state index contributed by atoms with van der Waals surface area (Å²) in [7, 11) is 0. The number of aromatic nitrogens is 2. The van der Waals surface area contributed by atoms with Gasteiger partial charge in [-0.25, -0.2) is 9.55 Å². The van der Waals surface area contributed by atoms with Crippen LogP contribution in [0.1, 0.15) is 90.8 Å². The third kappa shape index (κ3) is 5.03. The van der Waals surface area contributed by atoms with Crippen LogP contribution in [-0.4, -0.2) is 49.5 Å². The third-order valence-corrected chi connectivity index (χ3v) is 12.0. The number of nitro groups is 1. The summed E-state index contributed by atoms with van der Waals surface area (Å²) in [6.07, 6.45) is 10.1. The van der Waals surface area contributed by atoms with Gasteiger partial charge in [-0.2, -0.15) is 0 Å². The van der Waals surface area contributed by atoms with Crippen molar-refractivity contribution < 1.29 is 24.7 Å². The number of rotatable bonds is 8. The second-order valence-corrected chi connectivity index (χ2v) is 13.8. The quantitative estimate of drug-likeness (QED) is 0.266. The van der Waals surface area contributed by atoms with Gasteiger partial charge in [0.05, 0.1) is 12.2 Å². The number of carbonyl (C=O) groups excluding carboxylic acids is 1. The molecule has 4 fully saturated rings. The van der Waals surface area contributed by atoms with Crippen LogP contribution in [0.2, 0.25) is 0 Å². The van der Waals surface area contributed by atoms with Gasteiger partial charge in [-0.05, 0) is 109 Å². The molecule has 0 aromatic carbocycles. The number of fused-ring (bicyclic) bond motifs is 5. The average Bonchev–Trinajstić information content (AvgIpc) is 3.43. The number of esters is 1. The van der Waals surface area contributed by atoms with Crippen LogP contribution in [-0.2, 0) is 16.1 Å². The first-order chi connectivity index (χ1) is 18.5. The average molecular weight is 546 g/mol. The van der Waals surface area contributed by atoms with Crippen LogP contribution in [0.25, 0.3) is 0 Å². The number of aliphatic hydroxyl groups excluding tert-OH is 2. The summed E-state index contributed by atoms with van der Waals surface area (Å²) in [5.41, 5.74) is 0.411. The minimum absolute atomic E-state index is 0.0895. The van der Waals surface area contributed by atoms with Crippen LogP contribution in [0.5, 0.6) is 0 Å². The summed E-state index contributed by atoms with van der Waals surface area (Å²) in [6.45, 7) is 9.17. The summed E-state index contributed by atoms with van der Waals surface area (Å²) in [5.74, 6) is 2.91. The summed E-state index contributed by atoms with van der Waals surface area (Å²) in [6, 6.07) is 0. The van der Waals surface area contributed by atoms with Gasteiger partial charge in [0.15, 0.2) is 5.82 Å². The lowest BCUT2D eigenvalue weighted by Gasteiger charge is -2.62. The van der Waals surface area contributed by atoms with Gasteiger partial charge in [-0.3, -0.25) is 4.79 Å². The molecule has 10 atom stereocenters. The smallest absolute Gasteiger partial charge is 0.342 e. The largest absolute Gasteiger partial charge is 0.461 e. The minimum atomic E-state index is -0.475. The Morgan fingerprint density at radius 1 is 1.18 bits per heavy atom. The van der Waals surface area contributed by atoms with Crippen LogP contribution in [0, 0.1) is 63.4 Å². The number of aryl methyl sites for hydroxylation is 1. The summed E-state index contributed by atoms with van der Waals surface area (Å²) < 4.78 is 6.90. The van der Waals surface area contributed by atoms with Gasteiger partial charge < -0.3 is 25.1 Å². The van der Waals surface area contributed by atoms with Gasteiger partial charge in [0.2, 0.25) is 0 Å². The normalized spacial score (nSPS) is 40.3. The molecule has 0 bridgehead atoms. The zero-order chi connectivity index (χ0) is 28.1. The van der Waals surface area contributed by atoms with Crippen molar-refractivity contribution in [2.75, 3.05) is 6.61 Å². The van der Waals surface area contributed by atoms with E-state index in [0.717, 1.165) is 51.4 Å². The molecular weight excluding hydrogens is 498 g/mol. The molecule has 0 radical (unpaired) electrons. The molecule has 0 amide bonds. The molecule has 0 saturated heterocycles. The van der Waals surface area contributed by atoms with Crippen molar-refractivity contribution in [2.24, 2.45) is 46.3 Å². The second-order valence-electron chi connectivity index (χ2n) is 13.8. The number of hydrogen-bond donors (Lipinski definition) is 2. The number of hydrogen-bond acceptors (Lipinski definition) is 7. The monoisotopic (exact) mass is 545 g/mol. The standard InChI is InChI=1S/C30H47N3O6/c1-18(5-8-27(36)39-14-13-32-19(2)31-17-26(32)33(37)38)22-6-7-23-28-24(10-12-30(22,23)4)29(3)11-9-21(34)15-20(29)16-25(28)35/h17-18,20-25,28,34-35H,5-16H2,1-4H3/t18-,20+,21-,22-,23+,24+,25+,28+,29+,30-/m1/s1. The maximum absolute atomic E-state index is 12.5. The van der Waals surface area contributed by atoms with E-state index in [1.807, 2.05) is 0 Å². The van der Waals surface area contributed by atoms with E-state index in [0.29, 0.717) is 47.8 Å². The molecule has 1 aromatic rings. The first-order valence-electron chi connectivity index (χ1n) is 15.1. The molecular formula is C30H47N3O6. The minimum Gasteiger partial charge on any atom is -0.461 e. The highest BCUT2D eigenvalue weighted by Gasteiger charge is 2.62. The van der Waals surface area contributed by atoms with Gasteiger partial charge in [0.25, 0.3) is 0 Å². The molecule has 0 spiro atoms. The number of aliphatic hydroxyl groups is 2. The van der Waals surface area contributed by atoms with Crippen molar-refractivity contribution >= 4 is 11.8 Å². The van der Waals surface area contributed by atoms with E-state index in [-0.39, 0.29) is 48.0 Å². The molecule has 218 valence electrons. The van der Waals surface area contributed by atoms with Crippen molar-refractivity contribution in [2.45, 2.75) is 111 Å². The Labute approximate surface area is 231 Å². The molecule has 4 aliphatic carbocycles. The molecule has 4 aliphatic rings. The van der Waals surface area contributed by atoms with Crippen molar-refractivity contribution in [3.05, 3.63) is 22.1 Å². The van der Waals surface area contributed by atoms with Crippen molar-refractivity contribution in [3.8, 4) is 0 Å². The summed E-state index contributed by atoms with van der Waals surface area (Å²) in [4.78, 5) is 27.2. The van der Waals surface area contributed by atoms with E-state index in [1.54, 1.807) is 6.92 Å². The third-order valence-electron chi connectivity index (χ3n) is 12.0. The Hall–Kier alpha value is -2.00. The van der Waals surface area contributed by atoms with Crippen LogP contribution < -0.4 is 0 Å². The molecule has 1 aromatic heterocycles. The molecule has 5 rings (SSSR count). The fourth-order valence-corrected chi connectivity index (χ4v) is 9.92. The number of ether oxygens (including phenoxy) is 1. The zero-order valence-corrected chi connectivity index (χ0v) is 24.1. The molecule has 1 heterocycles. The molecule has 9 nitrogen and oxygen atoms in total. The van der Waals surface area contributed by atoms with E-state index in [4.69, 9.17) is 4.74 Å². The molecule has 0 aliphatic heterocycles. The SMILES string of the molecule is Cc1ncc([N+](=O)[O-])n1CCOC(=O)CC[C@@H](C)[C@H]1CC[C@H]2[C@@H]3[C@@H](O)C[C@@H]4C[C@H](O)CC[C@]4(C)[C@H]3CC[C@]12C. The molecule has 0 unspecified atom stereocenters. The first-order valence-corrected chi connectivity index (χ1v) is 15.1. The molecule has 2 N–H and O–H groups in total. The number of carbonyl (C=O) groups is 1. The number of imidazole rings is 1. The summed E-state index contributed by atoms with van der Waals surface area (Å²) in [5, 5.41) is 32.9. The maximum atomic E-state index is 12.5. The van der Waals surface area contributed by atoms with Gasteiger partial charge in [-0.15, -0.1) is 0 Å². The van der Waals surface area contributed by atoms with Crippen molar-refractivity contribution in [3.63, 3.8) is 0 Å². The fraction of sp³-hybridized carbons (Fsp3) is 0.867. The Bertz CT molecular complexity index is 1080. The lowest BCUT2D eigenvalue weighted by Crippen LogP contribution is -2.58. The van der Waals surface area contributed by atoms with E-state index < -0.39 is 4.92 Å². The highest BCUT2D eigenvalue weighted by molar-refractivity contribution is 5.69. The lowest BCUT2D eigenvalue weighted by atomic mass is 9.43. The summed E-state index contributed by atoms with van der Waals surface area (Å²) >= 11 is 0. The Kier molecular flexibility index (Phi) is 7.88. The van der Waals surface area contributed by atoms with Gasteiger partial charge in [0, 0.05) is 13.3 Å². The van der Waals surface area contributed by atoms with E-state index in [2.05, 4.69) is 25.8 Å². The highest BCUT2D eigenvalue weighted by atomic mass is 16.6. The Morgan fingerprint density at radius 3 is 2.64 bits per heavy atom. The van der Waals surface area contributed by atoms with Crippen LogP contribution >= 0.6 is 0 Å². The topological polar surface area (TPSA) is 128 Å². The zero-order valence-electron chi connectivity index (χ0n) is 24.1. The van der Waals surface area contributed by atoms with Gasteiger partial charge in [-0.1, -0.05) is 20.8 Å². The van der Waals surface area contributed by atoms with E-state index in [1.165, 1.54) is 17.2 Å². The van der Waals surface area contributed by atoms with Gasteiger partial charge in [0.1, 0.15) is 19.3 Å². The van der Waals surface area contributed by atoms with E-state index >= 15 is 0 Å². The molecule has 4 saturated carbocycles. The maximum Gasteiger partial charge on any atom is 0.342 e. The lowest BCUT2D eigenvalue weighted by molar-refractivity contribution is -0.392. The predicted molar refractivity (Wildman–Crippen MR) is 146 cm³/mol. The van der Waals surface area contributed by atoms with Crippen LogP contribution in [0.3, 0.4) is 0 Å². The Balaban J connectivity index is 1.16. The van der Waals surface area contributed by atoms with Crippen molar-refractivity contribution in [1.29, 1.82) is 0 Å². The van der Waals surface area contributed by atoms with Crippen LogP contribution in [0.4, 0.5) is 5.82 Å². The predicted octanol–water partition coefficient (Wildman–Crippen LogP) is 5.05. The molecule has 39 heavy (non-hydrogen) atoms. The van der Waals surface area contributed by atoms with E-state index in [9.17, 15) is 25.1 Å². The number of nitrogens with zero attached hydrogens (tertiary/aromatic N) is 3. The first kappa shape index (κ1) is 28.5. The fourth-order valence-electron chi connectivity index (χ4n) is 9.92. The van der Waals surface area contributed by atoms with Gasteiger partial charge >= 0.3 is 11.8 Å². The Morgan fingerprint density at radius 2 is 1.90 bits per heavy atom. The second kappa shape index (κ2) is 10.8.